The smallest absolute Gasteiger partial charge is 0.176 e. The third kappa shape index (κ3) is 3.21. The van der Waals surface area contributed by atoms with Crippen LogP contribution in [0.5, 0.6) is 0 Å². The standard InChI is InChI=1S/C19H23N5/c1-14-9-8-10-15(2)17(14)24-18(21-22-23-24)19(3,4)20-13-16-11-6-5-7-12-16/h5-12,20H,13H2,1-4H3. The van der Waals surface area contributed by atoms with Crippen molar-refractivity contribution in [1.82, 2.24) is 25.5 Å². The maximum atomic E-state index is 4.30. The van der Waals surface area contributed by atoms with Gasteiger partial charge in [-0.1, -0.05) is 48.5 Å². The molecule has 0 radical (unpaired) electrons. The largest absolute Gasteiger partial charge is 0.301 e. The number of benzene rings is 2. The SMILES string of the molecule is Cc1cccc(C)c1-n1nnnc1C(C)(C)NCc1ccccc1. The lowest BCUT2D eigenvalue weighted by Gasteiger charge is -2.26. The van der Waals surface area contributed by atoms with Gasteiger partial charge in [0.05, 0.1) is 11.2 Å². The Morgan fingerprint density at radius 1 is 0.958 bits per heavy atom. The summed E-state index contributed by atoms with van der Waals surface area (Å²) in [7, 11) is 0. The van der Waals surface area contributed by atoms with Gasteiger partial charge in [-0.05, 0) is 54.8 Å². The highest BCUT2D eigenvalue weighted by molar-refractivity contribution is 5.46. The van der Waals surface area contributed by atoms with Gasteiger partial charge in [-0.25, -0.2) is 0 Å². The number of nitrogens with one attached hydrogen (secondary N) is 1. The molecular weight excluding hydrogens is 298 g/mol. The van der Waals surface area contributed by atoms with Crippen LogP contribution in [0, 0.1) is 13.8 Å². The molecule has 0 amide bonds. The number of hydrogen-bond donors (Lipinski definition) is 1. The fourth-order valence-corrected chi connectivity index (χ4v) is 2.87. The van der Waals surface area contributed by atoms with E-state index in [2.05, 4.69) is 78.9 Å². The normalized spacial score (nSPS) is 11.7. The molecule has 3 rings (SSSR count). The summed E-state index contributed by atoms with van der Waals surface area (Å²) in [5.74, 6) is 0.802. The van der Waals surface area contributed by atoms with E-state index in [1.54, 1.807) is 0 Å². The molecule has 1 aromatic heterocycles. The first-order valence-electron chi connectivity index (χ1n) is 8.13. The first-order chi connectivity index (χ1) is 11.5. The predicted molar refractivity (Wildman–Crippen MR) is 94.9 cm³/mol. The van der Waals surface area contributed by atoms with Gasteiger partial charge in [0.25, 0.3) is 0 Å². The molecule has 0 aliphatic heterocycles. The lowest BCUT2D eigenvalue weighted by Crippen LogP contribution is -2.38. The van der Waals surface area contributed by atoms with Gasteiger partial charge in [-0.15, -0.1) is 5.10 Å². The Kier molecular flexibility index (Phi) is 4.44. The zero-order chi connectivity index (χ0) is 17.2. The number of rotatable bonds is 5. The molecule has 5 heteroatoms. The second-order valence-corrected chi connectivity index (χ2v) is 6.62. The zero-order valence-electron chi connectivity index (χ0n) is 14.6. The maximum Gasteiger partial charge on any atom is 0.176 e. The van der Waals surface area contributed by atoms with Gasteiger partial charge >= 0.3 is 0 Å². The lowest BCUT2D eigenvalue weighted by atomic mass is 10.0. The van der Waals surface area contributed by atoms with Crippen molar-refractivity contribution in [1.29, 1.82) is 0 Å². The van der Waals surface area contributed by atoms with E-state index in [0.29, 0.717) is 0 Å². The summed E-state index contributed by atoms with van der Waals surface area (Å²) >= 11 is 0. The van der Waals surface area contributed by atoms with Gasteiger partial charge in [0, 0.05) is 6.54 Å². The highest BCUT2D eigenvalue weighted by Gasteiger charge is 2.28. The molecular formula is C19H23N5. The van der Waals surface area contributed by atoms with E-state index in [9.17, 15) is 0 Å². The number of nitrogens with zero attached hydrogens (tertiary/aromatic N) is 4. The summed E-state index contributed by atoms with van der Waals surface area (Å²) in [5.41, 5.74) is 4.22. The maximum absolute atomic E-state index is 4.30. The summed E-state index contributed by atoms with van der Waals surface area (Å²) in [6.45, 7) is 9.13. The van der Waals surface area contributed by atoms with Crippen LogP contribution in [0.25, 0.3) is 5.69 Å². The highest BCUT2D eigenvalue weighted by atomic mass is 15.6. The molecule has 0 spiro atoms. The van der Waals surface area contributed by atoms with Crippen LogP contribution in [-0.4, -0.2) is 20.2 Å². The zero-order valence-corrected chi connectivity index (χ0v) is 14.6. The lowest BCUT2D eigenvalue weighted by molar-refractivity contribution is 0.369. The van der Waals surface area contributed by atoms with Crippen molar-refractivity contribution < 1.29 is 0 Å². The van der Waals surface area contributed by atoms with E-state index in [-0.39, 0.29) is 5.54 Å². The minimum Gasteiger partial charge on any atom is -0.301 e. The summed E-state index contributed by atoms with van der Waals surface area (Å²) in [6, 6.07) is 16.5. The van der Waals surface area contributed by atoms with Crippen molar-refractivity contribution in [2.45, 2.75) is 39.8 Å². The molecule has 0 saturated heterocycles. The van der Waals surface area contributed by atoms with Crippen LogP contribution in [0.2, 0.25) is 0 Å². The Morgan fingerprint density at radius 3 is 2.29 bits per heavy atom. The summed E-state index contributed by atoms with van der Waals surface area (Å²) in [4.78, 5) is 0. The molecule has 0 saturated carbocycles. The molecule has 0 bridgehead atoms. The van der Waals surface area contributed by atoms with Gasteiger partial charge in [-0.3, -0.25) is 0 Å². The van der Waals surface area contributed by atoms with E-state index in [1.807, 2.05) is 22.9 Å². The second-order valence-electron chi connectivity index (χ2n) is 6.62. The average molecular weight is 321 g/mol. The minimum absolute atomic E-state index is 0.367. The number of hydrogen-bond acceptors (Lipinski definition) is 4. The Morgan fingerprint density at radius 2 is 1.62 bits per heavy atom. The van der Waals surface area contributed by atoms with E-state index < -0.39 is 0 Å². The molecule has 24 heavy (non-hydrogen) atoms. The van der Waals surface area contributed by atoms with Crippen LogP contribution < -0.4 is 5.32 Å². The van der Waals surface area contributed by atoms with Crippen LogP contribution in [0.3, 0.4) is 0 Å². The fourth-order valence-electron chi connectivity index (χ4n) is 2.87. The third-order valence-electron chi connectivity index (χ3n) is 4.26. The Bertz CT molecular complexity index is 801. The third-order valence-corrected chi connectivity index (χ3v) is 4.26. The Hall–Kier alpha value is -2.53. The molecule has 0 atom stereocenters. The molecule has 0 unspecified atom stereocenters. The number of aryl methyl sites for hydroxylation is 2. The first kappa shape index (κ1) is 16.3. The van der Waals surface area contributed by atoms with Crippen molar-refractivity contribution in [3.05, 3.63) is 71.0 Å². The molecule has 0 aliphatic carbocycles. The van der Waals surface area contributed by atoms with Gasteiger partial charge in [0.2, 0.25) is 0 Å². The molecule has 0 fully saturated rings. The average Bonchev–Trinajstić information content (AvgIpc) is 3.04. The van der Waals surface area contributed by atoms with E-state index in [1.165, 1.54) is 5.56 Å². The minimum atomic E-state index is -0.367. The predicted octanol–water partition coefficient (Wildman–Crippen LogP) is 3.30. The van der Waals surface area contributed by atoms with Gasteiger partial charge in [0.15, 0.2) is 5.82 Å². The molecule has 5 nitrogen and oxygen atoms in total. The molecule has 1 heterocycles. The number of aromatic nitrogens is 4. The van der Waals surface area contributed by atoms with E-state index >= 15 is 0 Å². The van der Waals surface area contributed by atoms with Crippen molar-refractivity contribution in [3.8, 4) is 5.69 Å². The summed E-state index contributed by atoms with van der Waals surface area (Å²) in [5, 5.41) is 16.0. The second kappa shape index (κ2) is 6.53. The molecule has 0 aliphatic rings. The molecule has 2 aromatic carbocycles. The van der Waals surface area contributed by atoms with Gasteiger partial charge in [0.1, 0.15) is 0 Å². The summed E-state index contributed by atoms with van der Waals surface area (Å²) in [6.07, 6.45) is 0. The molecule has 1 N–H and O–H groups in total. The monoisotopic (exact) mass is 321 g/mol. The van der Waals surface area contributed by atoms with Crippen LogP contribution in [0.4, 0.5) is 0 Å². The Labute approximate surface area is 142 Å². The van der Waals surface area contributed by atoms with Crippen LogP contribution >= 0.6 is 0 Å². The van der Waals surface area contributed by atoms with E-state index in [4.69, 9.17) is 0 Å². The van der Waals surface area contributed by atoms with Crippen molar-refractivity contribution >= 4 is 0 Å². The van der Waals surface area contributed by atoms with Gasteiger partial charge < -0.3 is 5.32 Å². The topological polar surface area (TPSA) is 55.6 Å². The quantitative estimate of drug-likeness (QED) is 0.783. The fraction of sp³-hybridized carbons (Fsp3) is 0.316. The molecule has 3 aromatic rings. The Balaban J connectivity index is 1.91. The number of tetrazole rings is 1. The van der Waals surface area contributed by atoms with Crippen LogP contribution in [0.1, 0.15) is 36.4 Å². The van der Waals surface area contributed by atoms with Crippen LogP contribution in [-0.2, 0) is 12.1 Å². The number of para-hydroxylation sites is 1. The summed E-state index contributed by atoms with van der Waals surface area (Å²) < 4.78 is 1.85. The van der Waals surface area contributed by atoms with Gasteiger partial charge in [-0.2, -0.15) is 4.68 Å². The highest BCUT2D eigenvalue weighted by Crippen LogP contribution is 2.24. The van der Waals surface area contributed by atoms with Crippen molar-refractivity contribution in [3.63, 3.8) is 0 Å². The van der Waals surface area contributed by atoms with Crippen molar-refractivity contribution in [2.75, 3.05) is 0 Å². The first-order valence-corrected chi connectivity index (χ1v) is 8.13. The van der Waals surface area contributed by atoms with E-state index in [0.717, 1.165) is 29.2 Å². The molecule has 124 valence electrons. The van der Waals surface area contributed by atoms with Crippen molar-refractivity contribution in [2.24, 2.45) is 0 Å². The van der Waals surface area contributed by atoms with Crippen LogP contribution in [0.15, 0.2) is 48.5 Å².